The largest absolute Gasteiger partial charge is 0.368 e. The average molecular weight is 897 g/mol. The second kappa shape index (κ2) is 17.3. The third kappa shape index (κ3) is 8.72. The second-order valence-electron chi connectivity index (χ2n) is 14.3. The molecule has 7 heterocycles. The average Bonchev–Trinajstić information content (AvgIpc) is 3.23. The van der Waals surface area contributed by atoms with Crippen molar-refractivity contribution in [3.8, 4) is 34.0 Å². The number of pyridine rings is 6. The Morgan fingerprint density at radius 3 is 1.53 bits per heavy atom. The molecule has 16 heteroatoms. The molecular weight excluding hydrogens is 862 g/mol. The first-order chi connectivity index (χ1) is 29.8. The first-order valence-corrected chi connectivity index (χ1v) is 19.7. The lowest BCUT2D eigenvalue weighted by Crippen LogP contribution is -2.03. The Kier molecular flexibility index (Phi) is 11.5. The summed E-state index contributed by atoms with van der Waals surface area (Å²) in [6.45, 7) is 7.55. The molecule has 62 heavy (non-hydrogen) atoms. The third-order valence-electron chi connectivity index (χ3n) is 9.76. The number of halogens is 5. The van der Waals surface area contributed by atoms with Crippen LogP contribution in [0, 0.1) is 51.0 Å². The molecule has 9 rings (SSSR count). The number of benzene rings is 2. The van der Waals surface area contributed by atoms with E-state index in [1.54, 1.807) is 49.4 Å². The van der Waals surface area contributed by atoms with Crippen molar-refractivity contribution in [2.75, 3.05) is 16.4 Å². The van der Waals surface area contributed by atoms with Gasteiger partial charge in [0, 0.05) is 76.4 Å². The van der Waals surface area contributed by atoms with Gasteiger partial charge in [-0.25, -0.2) is 37.5 Å². The minimum Gasteiger partial charge on any atom is -0.368 e. The fourth-order valence-corrected chi connectivity index (χ4v) is 7.27. The summed E-state index contributed by atoms with van der Waals surface area (Å²) in [7, 11) is 0. The zero-order chi connectivity index (χ0) is 43.7. The van der Waals surface area contributed by atoms with Gasteiger partial charge in [0.05, 0.1) is 85.4 Å². The van der Waals surface area contributed by atoms with Crippen LogP contribution in [0.3, 0.4) is 0 Å². The Bertz CT molecular complexity index is 3190. The summed E-state index contributed by atoms with van der Waals surface area (Å²) >= 11 is 3.38. The summed E-state index contributed by atoms with van der Waals surface area (Å²) in [5, 5.41) is 6.87. The highest BCUT2D eigenvalue weighted by atomic mass is 79.9. The number of aryl methyl sites for hydroxylation is 2. The van der Waals surface area contributed by atoms with Crippen LogP contribution < -0.4 is 16.4 Å². The molecule has 0 atom stereocenters. The van der Waals surface area contributed by atoms with Crippen molar-refractivity contribution in [1.82, 2.24) is 39.9 Å². The van der Waals surface area contributed by atoms with Crippen molar-refractivity contribution in [3.63, 3.8) is 0 Å². The van der Waals surface area contributed by atoms with Gasteiger partial charge in [0.2, 0.25) is 5.95 Å². The smallest absolute Gasteiger partial charge is 0.220 e. The van der Waals surface area contributed by atoms with Gasteiger partial charge in [0.1, 0.15) is 23.3 Å². The minimum atomic E-state index is -0.718. The summed E-state index contributed by atoms with van der Waals surface area (Å²) in [4.78, 5) is 34.4. The van der Waals surface area contributed by atoms with Crippen molar-refractivity contribution in [2.45, 2.75) is 27.7 Å². The molecule has 0 fully saturated rings. The van der Waals surface area contributed by atoms with Crippen molar-refractivity contribution in [2.24, 2.45) is 0 Å². The zero-order valence-corrected chi connectivity index (χ0v) is 35.0. The topological polar surface area (TPSA) is 153 Å². The number of rotatable bonds is 7. The Hall–Kier alpha value is -7.46. The number of aromatic nitrogens is 8. The number of hydrogen-bond donors (Lipinski definition) is 3. The molecule has 0 radical (unpaired) electrons. The molecular formula is C46H34BrF4N11. The molecule has 0 aliphatic heterocycles. The van der Waals surface area contributed by atoms with E-state index < -0.39 is 23.3 Å². The van der Waals surface area contributed by atoms with Gasteiger partial charge in [-0.2, -0.15) is 0 Å². The van der Waals surface area contributed by atoms with E-state index in [1.807, 2.05) is 64.1 Å². The Morgan fingerprint density at radius 1 is 0.532 bits per heavy atom. The number of hydrogen-bond acceptors (Lipinski definition) is 11. The fraction of sp³-hybridized carbons (Fsp3) is 0.0870. The minimum absolute atomic E-state index is 0.145. The summed E-state index contributed by atoms with van der Waals surface area (Å²) in [6.07, 6.45) is 11.4. The van der Waals surface area contributed by atoms with Crippen LogP contribution in [0.25, 0.3) is 55.8 Å². The Morgan fingerprint density at radius 2 is 1.03 bits per heavy atom. The van der Waals surface area contributed by atoms with E-state index in [0.29, 0.717) is 67.9 Å². The number of nitrogens with two attached hydrogens (primary N) is 1. The van der Waals surface area contributed by atoms with Crippen LogP contribution in [-0.4, -0.2) is 39.9 Å². The van der Waals surface area contributed by atoms with Crippen LogP contribution in [0.5, 0.6) is 0 Å². The van der Waals surface area contributed by atoms with Crippen LogP contribution in [0.15, 0.2) is 115 Å². The van der Waals surface area contributed by atoms with Crippen LogP contribution >= 0.6 is 15.9 Å². The maximum absolute atomic E-state index is 15.0. The molecule has 0 saturated heterocycles. The Labute approximate surface area is 360 Å². The van der Waals surface area contributed by atoms with Gasteiger partial charge in [-0.05, 0) is 97.2 Å². The van der Waals surface area contributed by atoms with Gasteiger partial charge in [-0.1, -0.05) is 0 Å². The molecule has 0 spiro atoms. The maximum atomic E-state index is 15.0. The molecule has 0 aliphatic carbocycles. The van der Waals surface area contributed by atoms with Gasteiger partial charge in [-0.15, -0.1) is 0 Å². The number of anilines is 5. The van der Waals surface area contributed by atoms with E-state index in [0.717, 1.165) is 27.7 Å². The quantitative estimate of drug-likeness (QED) is 0.131. The number of nitrogens with one attached hydrogen (secondary N) is 2. The molecule has 9 aromatic rings. The molecule has 2 aromatic carbocycles. The lowest BCUT2D eigenvalue weighted by molar-refractivity contribution is 0.591. The monoisotopic (exact) mass is 895 g/mol. The number of fused-ring (bicyclic) bond motifs is 2. The van der Waals surface area contributed by atoms with Crippen LogP contribution in [0.2, 0.25) is 0 Å². The second-order valence-corrected chi connectivity index (χ2v) is 15.2. The van der Waals surface area contributed by atoms with Crippen LogP contribution in [0.4, 0.5) is 46.3 Å². The molecule has 0 bridgehead atoms. The number of nitrogens with zero attached hydrogens (tertiary/aromatic N) is 8. The van der Waals surface area contributed by atoms with E-state index >= 15 is 0 Å². The summed E-state index contributed by atoms with van der Waals surface area (Å²) in [5.41, 5.74) is 15.3. The maximum Gasteiger partial charge on any atom is 0.220 e. The van der Waals surface area contributed by atoms with E-state index in [2.05, 4.69) is 66.4 Å². The molecule has 11 nitrogen and oxygen atoms in total. The molecule has 0 saturated carbocycles. The van der Waals surface area contributed by atoms with E-state index in [-0.39, 0.29) is 27.8 Å². The molecule has 7 aromatic heterocycles. The molecule has 0 amide bonds. The molecule has 308 valence electrons. The van der Waals surface area contributed by atoms with Crippen molar-refractivity contribution >= 4 is 66.4 Å². The fourth-order valence-electron chi connectivity index (χ4n) is 6.91. The Balaban J connectivity index is 0.000000174. The van der Waals surface area contributed by atoms with Crippen LogP contribution in [0.1, 0.15) is 22.3 Å². The molecule has 0 unspecified atom stereocenters. The third-order valence-corrected chi connectivity index (χ3v) is 10.2. The van der Waals surface area contributed by atoms with E-state index in [9.17, 15) is 17.6 Å². The van der Waals surface area contributed by atoms with Crippen LogP contribution in [-0.2, 0) is 0 Å². The van der Waals surface area contributed by atoms with Gasteiger partial charge >= 0.3 is 0 Å². The summed E-state index contributed by atoms with van der Waals surface area (Å²) in [5.74, 6) is -2.64. The molecule has 0 aliphatic rings. The SMILES string of the molecule is Cc1ccnc(-c2nc3cc(F)cc(F)c3c(Nc3cncc(-c4ccnc(N)n4)c3)c2C)c1.Cc1ccnc(-c2nc3cc(F)cc(F)c3c(Nc3cncc(Br)c3)c2C)c1. The standard InChI is InChI=1S/C25H19F2N7.C21H15BrF2N4/c1-13-3-5-30-21(7-13)23-14(2)24(22-18(27)9-16(26)10-20(22)33-23)32-17-8-15(11-29-12-17)19-4-6-31-25(28)34-19;1-11-3-4-26-18(5-11)20-12(2)21(27-15-6-13(22)9-25-10-15)19-16(24)7-14(23)8-17(19)28-20/h3-12H,1-2H3,(H,32,33)(H2,28,31,34);3-10H,1-2H3,(H,27,28). The highest BCUT2D eigenvalue weighted by Gasteiger charge is 2.21. The summed E-state index contributed by atoms with van der Waals surface area (Å²) < 4.78 is 58.4. The van der Waals surface area contributed by atoms with Crippen molar-refractivity contribution < 1.29 is 17.6 Å². The van der Waals surface area contributed by atoms with Gasteiger partial charge in [0.25, 0.3) is 0 Å². The molecule has 4 N–H and O–H groups in total. The predicted octanol–water partition coefficient (Wildman–Crippen LogP) is 11.5. The van der Waals surface area contributed by atoms with E-state index in [4.69, 9.17) is 5.73 Å². The van der Waals surface area contributed by atoms with Crippen molar-refractivity contribution in [1.29, 1.82) is 0 Å². The first-order valence-electron chi connectivity index (χ1n) is 18.9. The van der Waals surface area contributed by atoms with E-state index in [1.165, 1.54) is 12.1 Å². The zero-order valence-electron chi connectivity index (χ0n) is 33.4. The van der Waals surface area contributed by atoms with Gasteiger partial charge < -0.3 is 16.4 Å². The highest BCUT2D eigenvalue weighted by molar-refractivity contribution is 9.10. The summed E-state index contributed by atoms with van der Waals surface area (Å²) in [6, 6.07) is 17.0. The lowest BCUT2D eigenvalue weighted by atomic mass is 10.0. The van der Waals surface area contributed by atoms with Gasteiger partial charge in [-0.3, -0.25) is 19.9 Å². The number of nitrogen functional groups attached to an aromatic ring is 1. The highest BCUT2D eigenvalue weighted by Crippen LogP contribution is 2.39. The predicted molar refractivity (Wildman–Crippen MR) is 237 cm³/mol. The van der Waals surface area contributed by atoms with Crippen molar-refractivity contribution in [3.05, 3.63) is 160 Å². The van der Waals surface area contributed by atoms with Gasteiger partial charge in [0.15, 0.2) is 0 Å². The normalized spacial score (nSPS) is 11.0. The lowest BCUT2D eigenvalue weighted by Gasteiger charge is -2.17. The first kappa shape index (κ1) is 41.3.